The van der Waals surface area contributed by atoms with Gasteiger partial charge in [0.05, 0.1) is 0 Å². The summed E-state index contributed by atoms with van der Waals surface area (Å²) in [5, 5.41) is 3.67. The molecule has 7 nitrogen and oxygen atoms in total. The molecule has 1 fully saturated rings. The summed E-state index contributed by atoms with van der Waals surface area (Å²) >= 11 is 0. The highest BCUT2D eigenvalue weighted by molar-refractivity contribution is 5.52. The maximum Gasteiger partial charge on any atom is 0.405 e. The van der Waals surface area contributed by atoms with E-state index >= 15 is 0 Å². The molecule has 1 aliphatic rings. The van der Waals surface area contributed by atoms with E-state index < -0.39 is 17.5 Å². The van der Waals surface area contributed by atoms with Gasteiger partial charge in [-0.3, -0.25) is 4.79 Å². The third kappa shape index (κ3) is 2.96. The van der Waals surface area contributed by atoms with Gasteiger partial charge in [0, 0.05) is 37.1 Å². The number of hydrogen-bond donors (Lipinski definition) is 1. The summed E-state index contributed by atoms with van der Waals surface area (Å²) < 4.78 is 47.1. The summed E-state index contributed by atoms with van der Waals surface area (Å²) in [6.45, 7) is -0.201. The van der Waals surface area contributed by atoms with E-state index in [0.29, 0.717) is 11.4 Å². The van der Waals surface area contributed by atoms with E-state index in [1.807, 2.05) is 0 Å². The highest BCUT2D eigenvalue weighted by atomic mass is 19.4. The van der Waals surface area contributed by atoms with Gasteiger partial charge in [-0.25, -0.2) is 4.98 Å². The average molecular weight is 377 g/mol. The quantitative estimate of drug-likeness (QED) is 0.755. The topological polar surface area (TPSA) is 87.9 Å². The number of aromatic amines is 1. The van der Waals surface area contributed by atoms with Crippen LogP contribution in [0.2, 0.25) is 0 Å². The summed E-state index contributed by atoms with van der Waals surface area (Å²) in [5.41, 5.74) is -2.25. The smallest absolute Gasteiger partial charge is 0.355 e. The number of nitrogens with zero attached hydrogens (tertiary/aromatic N) is 4. The van der Waals surface area contributed by atoms with Crippen LogP contribution in [-0.2, 0) is 5.41 Å². The van der Waals surface area contributed by atoms with Gasteiger partial charge in [-0.2, -0.15) is 18.2 Å². The maximum absolute atomic E-state index is 14.0. The van der Waals surface area contributed by atoms with E-state index in [0.717, 1.165) is 0 Å². The lowest BCUT2D eigenvalue weighted by atomic mass is 9.86. The number of anilines is 1. The fourth-order valence-corrected chi connectivity index (χ4v) is 3.16. The summed E-state index contributed by atoms with van der Waals surface area (Å²) in [7, 11) is 0. The zero-order valence-electron chi connectivity index (χ0n) is 13.9. The second-order valence-electron chi connectivity index (χ2n) is 6.30. The van der Waals surface area contributed by atoms with Crippen molar-refractivity contribution in [3.8, 4) is 11.4 Å². The third-order valence-corrected chi connectivity index (χ3v) is 4.66. The van der Waals surface area contributed by atoms with E-state index in [9.17, 15) is 18.0 Å². The minimum Gasteiger partial charge on any atom is -0.355 e. The molecule has 10 heteroatoms. The van der Waals surface area contributed by atoms with E-state index in [-0.39, 0.29) is 30.9 Å². The van der Waals surface area contributed by atoms with Crippen molar-refractivity contribution in [1.82, 2.24) is 20.1 Å². The number of nitrogens with one attached hydrogen (secondary N) is 1. The molecule has 140 valence electrons. The van der Waals surface area contributed by atoms with Crippen LogP contribution in [0, 0.1) is 0 Å². The van der Waals surface area contributed by atoms with Gasteiger partial charge in [0.15, 0.2) is 5.41 Å². The van der Waals surface area contributed by atoms with Crippen LogP contribution in [0.15, 0.2) is 52.0 Å². The van der Waals surface area contributed by atoms with E-state index in [1.54, 1.807) is 23.1 Å². The molecule has 0 amide bonds. The Morgan fingerprint density at radius 3 is 2.74 bits per heavy atom. The largest absolute Gasteiger partial charge is 0.405 e. The van der Waals surface area contributed by atoms with Gasteiger partial charge in [0.25, 0.3) is 0 Å². The molecule has 3 aromatic heterocycles. The number of pyridine rings is 2. The van der Waals surface area contributed by atoms with Crippen LogP contribution in [0.1, 0.15) is 12.3 Å². The zero-order valence-corrected chi connectivity index (χ0v) is 13.9. The fourth-order valence-electron chi connectivity index (χ4n) is 3.16. The Bertz CT molecular complexity index is 981. The second kappa shape index (κ2) is 6.22. The Labute approximate surface area is 150 Å². The Hall–Kier alpha value is -3.17. The summed E-state index contributed by atoms with van der Waals surface area (Å²) in [6, 6.07) is 7.74. The van der Waals surface area contributed by atoms with Crippen LogP contribution < -0.4 is 10.5 Å². The second-order valence-corrected chi connectivity index (χ2v) is 6.30. The number of H-pyrrole nitrogens is 1. The van der Waals surface area contributed by atoms with Crippen LogP contribution in [-0.4, -0.2) is 39.4 Å². The van der Waals surface area contributed by atoms with Gasteiger partial charge in [-0.05, 0) is 24.6 Å². The monoisotopic (exact) mass is 377 g/mol. The van der Waals surface area contributed by atoms with Gasteiger partial charge in [-0.1, -0.05) is 11.2 Å². The highest BCUT2D eigenvalue weighted by Gasteiger charge is 2.63. The van der Waals surface area contributed by atoms with Crippen molar-refractivity contribution in [2.75, 3.05) is 18.0 Å². The summed E-state index contributed by atoms with van der Waals surface area (Å²) in [5.74, 6) is -0.0419. The average Bonchev–Trinajstić information content (AvgIpc) is 3.31. The lowest BCUT2D eigenvalue weighted by Gasteiger charge is -2.28. The van der Waals surface area contributed by atoms with Gasteiger partial charge in [0.1, 0.15) is 5.82 Å². The van der Waals surface area contributed by atoms with E-state index in [2.05, 4.69) is 20.1 Å². The fraction of sp³-hybridized carbons (Fsp3) is 0.294. The Morgan fingerprint density at radius 2 is 2.07 bits per heavy atom. The molecule has 0 spiro atoms. The first kappa shape index (κ1) is 17.3. The molecule has 1 aliphatic heterocycles. The maximum atomic E-state index is 14.0. The first-order valence-corrected chi connectivity index (χ1v) is 8.15. The first-order valence-electron chi connectivity index (χ1n) is 8.15. The summed E-state index contributed by atoms with van der Waals surface area (Å²) in [4.78, 5) is 23.2. The Balaban J connectivity index is 1.70. The number of aromatic nitrogens is 4. The first-order chi connectivity index (χ1) is 12.9. The van der Waals surface area contributed by atoms with Crippen molar-refractivity contribution < 1.29 is 17.7 Å². The minimum atomic E-state index is -4.58. The molecule has 3 aromatic rings. The van der Waals surface area contributed by atoms with Crippen molar-refractivity contribution in [2.24, 2.45) is 0 Å². The van der Waals surface area contributed by atoms with Gasteiger partial charge in [-0.15, -0.1) is 0 Å². The minimum absolute atomic E-state index is 0.0128. The number of hydrogen-bond acceptors (Lipinski definition) is 6. The molecule has 0 aliphatic carbocycles. The molecular weight excluding hydrogens is 363 g/mol. The van der Waals surface area contributed by atoms with Gasteiger partial charge in [0.2, 0.25) is 17.3 Å². The molecular formula is C17H14F3N5O2. The van der Waals surface area contributed by atoms with Gasteiger partial charge >= 0.3 is 6.18 Å². The van der Waals surface area contributed by atoms with Crippen molar-refractivity contribution in [2.45, 2.75) is 18.0 Å². The van der Waals surface area contributed by atoms with Crippen molar-refractivity contribution in [3.63, 3.8) is 0 Å². The highest BCUT2D eigenvalue weighted by Crippen LogP contribution is 2.47. The Morgan fingerprint density at radius 1 is 1.22 bits per heavy atom. The van der Waals surface area contributed by atoms with Gasteiger partial charge < -0.3 is 14.4 Å². The number of halogens is 3. The predicted molar refractivity (Wildman–Crippen MR) is 89.2 cm³/mol. The molecule has 4 heterocycles. The zero-order chi connectivity index (χ0) is 19.1. The molecule has 1 atom stereocenters. The lowest BCUT2D eigenvalue weighted by molar-refractivity contribution is -0.191. The van der Waals surface area contributed by atoms with Crippen molar-refractivity contribution in [1.29, 1.82) is 0 Å². The number of alkyl halides is 3. The van der Waals surface area contributed by atoms with E-state index in [1.165, 1.54) is 24.5 Å². The number of rotatable bonds is 3. The van der Waals surface area contributed by atoms with Crippen LogP contribution >= 0.6 is 0 Å². The standard InChI is InChI=1S/C17H14F3N5O2/c18-17(19,20)16(6-8-25(10-16)12-3-1-2-7-21-12)15-23-14(24-27-15)11-4-5-13(26)22-9-11/h1-5,7,9H,6,8,10H2,(H,22,26). The molecule has 0 aromatic carbocycles. The Kier molecular flexibility index (Phi) is 3.97. The molecule has 0 bridgehead atoms. The third-order valence-electron chi connectivity index (χ3n) is 4.66. The molecule has 1 saturated heterocycles. The lowest BCUT2D eigenvalue weighted by Crippen LogP contribution is -2.45. The van der Waals surface area contributed by atoms with Crippen LogP contribution in [0.25, 0.3) is 11.4 Å². The predicted octanol–water partition coefficient (Wildman–Crippen LogP) is 2.53. The molecule has 0 radical (unpaired) electrons. The van der Waals surface area contributed by atoms with E-state index in [4.69, 9.17) is 4.52 Å². The molecule has 1 N–H and O–H groups in total. The SMILES string of the molecule is O=c1ccc(-c2noc(C3(C(F)(F)F)CCN(c4ccccn4)C3)n2)c[nH]1. The molecule has 0 saturated carbocycles. The molecule has 1 unspecified atom stereocenters. The van der Waals surface area contributed by atoms with Crippen LogP contribution in [0.4, 0.5) is 19.0 Å². The summed E-state index contributed by atoms with van der Waals surface area (Å²) in [6.07, 6.45) is -1.94. The normalized spacial score (nSPS) is 20.2. The van der Waals surface area contributed by atoms with Crippen molar-refractivity contribution >= 4 is 5.82 Å². The molecule has 27 heavy (non-hydrogen) atoms. The van der Waals surface area contributed by atoms with Crippen molar-refractivity contribution in [3.05, 3.63) is 59.0 Å². The molecule has 4 rings (SSSR count). The van der Waals surface area contributed by atoms with Crippen LogP contribution in [0.3, 0.4) is 0 Å². The van der Waals surface area contributed by atoms with Crippen LogP contribution in [0.5, 0.6) is 0 Å².